The summed E-state index contributed by atoms with van der Waals surface area (Å²) in [7, 11) is -5.64. The maximum atomic E-state index is 12.6. The lowest BCUT2D eigenvalue weighted by Gasteiger charge is -2.36. The molecule has 1 spiro atoms. The fourth-order valence-corrected chi connectivity index (χ4v) is 4.50. The first-order valence-corrected chi connectivity index (χ1v) is 9.56. The summed E-state index contributed by atoms with van der Waals surface area (Å²) < 4.78 is 65.1. The molecule has 0 heterocycles. The lowest BCUT2D eigenvalue weighted by molar-refractivity contribution is -0.0500. The van der Waals surface area contributed by atoms with Gasteiger partial charge in [0.05, 0.1) is 0 Å². The van der Waals surface area contributed by atoms with Gasteiger partial charge in [0.25, 0.3) is 0 Å². The monoisotopic (exact) mass is 362 g/mol. The van der Waals surface area contributed by atoms with Crippen molar-refractivity contribution in [3.05, 3.63) is 28.8 Å². The number of hydrogen-bond acceptors (Lipinski definition) is 3. The summed E-state index contributed by atoms with van der Waals surface area (Å²) in [6.45, 7) is 4.12. The highest BCUT2D eigenvalue weighted by atomic mass is 32.2. The van der Waals surface area contributed by atoms with E-state index in [1.807, 2.05) is 6.92 Å². The number of hydrogen-bond donors (Lipinski definition) is 0. The molecule has 3 nitrogen and oxygen atoms in total. The number of benzene rings is 1. The highest BCUT2D eigenvalue weighted by Crippen LogP contribution is 2.51. The van der Waals surface area contributed by atoms with Gasteiger partial charge < -0.3 is 4.18 Å². The largest absolute Gasteiger partial charge is 0.534 e. The van der Waals surface area contributed by atoms with Gasteiger partial charge in [-0.1, -0.05) is 25.8 Å². The van der Waals surface area contributed by atoms with Crippen molar-refractivity contribution in [3.63, 3.8) is 0 Å². The van der Waals surface area contributed by atoms with Crippen LogP contribution >= 0.6 is 0 Å². The normalized spacial score (nSPS) is 27.3. The molecule has 0 aromatic heterocycles. The van der Waals surface area contributed by atoms with E-state index in [1.165, 1.54) is 6.07 Å². The lowest BCUT2D eigenvalue weighted by Crippen LogP contribution is -2.29. The van der Waals surface area contributed by atoms with E-state index in [1.54, 1.807) is 6.07 Å². The van der Waals surface area contributed by atoms with Crippen LogP contribution in [0, 0.1) is 18.3 Å². The van der Waals surface area contributed by atoms with Crippen LogP contribution in [0.1, 0.15) is 49.3 Å². The average Bonchev–Trinajstić information content (AvgIpc) is 2.85. The lowest BCUT2D eigenvalue weighted by atomic mass is 9.69. The summed E-state index contributed by atoms with van der Waals surface area (Å²) >= 11 is 0. The Hall–Kier alpha value is -1.24. The van der Waals surface area contributed by atoms with Crippen molar-refractivity contribution in [1.82, 2.24) is 0 Å². The van der Waals surface area contributed by atoms with E-state index in [2.05, 4.69) is 11.1 Å². The van der Waals surface area contributed by atoms with E-state index in [0.717, 1.165) is 43.2 Å². The Balaban J connectivity index is 1.94. The Morgan fingerprint density at radius 1 is 1.12 bits per heavy atom. The SMILES string of the molecule is Cc1ccc(OS(=O)(=O)C(F)(F)F)c2c1CC1(CCC(C)CC1)C2. The molecule has 0 amide bonds. The molecule has 0 saturated heterocycles. The molecule has 24 heavy (non-hydrogen) atoms. The van der Waals surface area contributed by atoms with Crippen molar-refractivity contribution >= 4 is 10.1 Å². The summed E-state index contributed by atoms with van der Waals surface area (Å²) in [5, 5.41) is 0. The van der Waals surface area contributed by atoms with Crippen LogP contribution in [0.25, 0.3) is 0 Å². The van der Waals surface area contributed by atoms with Gasteiger partial charge in [-0.3, -0.25) is 0 Å². The summed E-state index contributed by atoms with van der Waals surface area (Å²) in [5.74, 6) is 0.505. The molecule has 2 aliphatic carbocycles. The minimum Gasteiger partial charge on any atom is -0.376 e. The molecule has 1 saturated carbocycles. The fraction of sp³-hybridized carbons (Fsp3) is 0.647. The number of alkyl halides is 3. The quantitative estimate of drug-likeness (QED) is 0.574. The zero-order chi connectivity index (χ0) is 17.8. The molecule has 7 heteroatoms. The van der Waals surface area contributed by atoms with Crippen LogP contribution in [0.3, 0.4) is 0 Å². The number of halogens is 3. The highest BCUT2D eigenvalue weighted by molar-refractivity contribution is 7.88. The predicted octanol–water partition coefficient (Wildman–Crippen LogP) is 4.52. The van der Waals surface area contributed by atoms with Crippen LogP contribution in [0.15, 0.2) is 12.1 Å². The molecular formula is C17H21F3O3S. The molecule has 0 radical (unpaired) electrons. The van der Waals surface area contributed by atoms with Crippen LogP contribution in [-0.4, -0.2) is 13.9 Å². The van der Waals surface area contributed by atoms with Gasteiger partial charge in [-0.15, -0.1) is 0 Å². The van der Waals surface area contributed by atoms with Crippen molar-refractivity contribution in [2.24, 2.45) is 11.3 Å². The van der Waals surface area contributed by atoms with E-state index in [9.17, 15) is 21.6 Å². The summed E-state index contributed by atoms with van der Waals surface area (Å²) in [6.07, 6.45) is 5.64. The minimum atomic E-state index is -5.64. The third-order valence-electron chi connectivity index (χ3n) is 5.54. The Kier molecular flexibility index (Phi) is 4.13. The average molecular weight is 362 g/mol. The summed E-state index contributed by atoms with van der Waals surface area (Å²) in [4.78, 5) is 0. The van der Waals surface area contributed by atoms with Crippen molar-refractivity contribution < 1.29 is 25.8 Å². The van der Waals surface area contributed by atoms with E-state index in [0.29, 0.717) is 17.9 Å². The molecule has 0 aliphatic heterocycles. The van der Waals surface area contributed by atoms with Crippen molar-refractivity contribution in [2.75, 3.05) is 0 Å². The van der Waals surface area contributed by atoms with Crippen molar-refractivity contribution in [2.45, 2.75) is 57.9 Å². The number of aryl methyl sites for hydroxylation is 1. The fourth-order valence-electron chi connectivity index (χ4n) is 4.01. The topological polar surface area (TPSA) is 43.4 Å². The van der Waals surface area contributed by atoms with Gasteiger partial charge in [0.2, 0.25) is 0 Å². The molecule has 1 aromatic rings. The van der Waals surface area contributed by atoms with Gasteiger partial charge in [0.1, 0.15) is 5.75 Å². The van der Waals surface area contributed by atoms with E-state index < -0.39 is 15.6 Å². The second kappa shape index (κ2) is 5.64. The van der Waals surface area contributed by atoms with Crippen LogP contribution in [0.2, 0.25) is 0 Å². The second-order valence-corrected chi connectivity index (χ2v) is 8.89. The molecule has 134 valence electrons. The highest BCUT2D eigenvalue weighted by Gasteiger charge is 2.49. The smallest absolute Gasteiger partial charge is 0.376 e. The Bertz CT molecular complexity index is 745. The van der Waals surface area contributed by atoms with Gasteiger partial charge in [-0.2, -0.15) is 21.6 Å². The zero-order valence-corrected chi connectivity index (χ0v) is 14.6. The molecule has 3 rings (SSSR count). The van der Waals surface area contributed by atoms with Crippen LogP contribution in [-0.2, 0) is 23.0 Å². The Morgan fingerprint density at radius 2 is 1.71 bits per heavy atom. The van der Waals surface area contributed by atoms with E-state index >= 15 is 0 Å². The number of fused-ring (bicyclic) bond motifs is 1. The third-order valence-corrected chi connectivity index (χ3v) is 6.51. The summed E-state index contributed by atoms with van der Waals surface area (Å²) in [5.41, 5.74) is -2.79. The third kappa shape index (κ3) is 3.03. The minimum absolute atomic E-state index is 0.0427. The molecule has 1 fully saturated rings. The molecule has 0 atom stereocenters. The maximum Gasteiger partial charge on any atom is 0.534 e. The first kappa shape index (κ1) is 17.6. The molecule has 0 unspecified atom stereocenters. The molecule has 0 bridgehead atoms. The second-order valence-electron chi connectivity index (χ2n) is 7.36. The van der Waals surface area contributed by atoms with Gasteiger partial charge in [0, 0.05) is 0 Å². The van der Waals surface area contributed by atoms with Crippen molar-refractivity contribution in [1.29, 1.82) is 0 Å². The van der Waals surface area contributed by atoms with Crippen LogP contribution < -0.4 is 4.18 Å². The zero-order valence-electron chi connectivity index (χ0n) is 13.7. The first-order chi connectivity index (χ1) is 11.0. The van der Waals surface area contributed by atoms with E-state index in [-0.39, 0.29) is 11.2 Å². The van der Waals surface area contributed by atoms with Gasteiger partial charge in [0.15, 0.2) is 0 Å². The van der Waals surface area contributed by atoms with Crippen molar-refractivity contribution in [3.8, 4) is 5.75 Å². The molecule has 0 N–H and O–H groups in total. The van der Waals surface area contributed by atoms with Gasteiger partial charge in [-0.05, 0) is 66.7 Å². The first-order valence-electron chi connectivity index (χ1n) is 8.15. The standard InChI is InChI=1S/C17H21F3O3S/c1-11-5-7-16(8-6-11)9-13-12(2)3-4-15(14(13)10-16)23-24(21,22)17(18,19)20/h3-4,11H,5-10H2,1-2H3. The van der Waals surface area contributed by atoms with E-state index in [4.69, 9.17) is 0 Å². The Labute approximate surface area is 140 Å². The molecule has 2 aliphatic rings. The van der Waals surface area contributed by atoms with Crippen LogP contribution in [0.4, 0.5) is 13.2 Å². The molecule has 1 aromatic carbocycles. The van der Waals surface area contributed by atoms with Crippen LogP contribution in [0.5, 0.6) is 5.75 Å². The van der Waals surface area contributed by atoms with Gasteiger partial charge in [-0.25, -0.2) is 0 Å². The molecular weight excluding hydrogens is 341 g/mol. The van der Waals surface area contributed by atoms with Gasteiger partial charge >= 0.3 is 15.6 Å². The summed E-state index contributed by atoms with van der Waals surface area (Å²) in [6, 6.07) is 2.99. The predicted molar refractivity (Wildman–Crippen MR) is 84.3 cm³/mol. The maximum absolute atomic E-state index is 12.6. The number of rotatable bonds is 2. The Morgan fingerprint density at radius 3 is 2.29 bits per heavy atom.